The number of amides is 1. The molecule has 0 spiro atoms. The summed E-state index contributed by atoms with van der Waals surface area (Å²) in [7, 11) is 0. The van der Waals surface area contributed by atoms with Crippen molar-refractivity contribution in [2.75, 3.05) is 6.61 Å². The summed E-state index contributed by atoms with van der Waals surface area (Å²) >= 11 is 0. The summed E-state index contributed by atoms with van der Waals surface area (Å²) in [6.07, 6.45) is -4.59. The number of aliphatic hydroxyl groups is 2. The highest BCUT2D eigenvalue weighted by Crippen LogP contribution is 2.34. The molecule has 1 unspecified atom stereocenters. The third-order valence-electron chi connectivity index (χ3n) is 2.69. The van der Waals surface area contributed by atoms with Crippen molar-refractivity contribution < 1.29 is 28.2 Å². The molecule has 1 rings (SSSR count). The predicted octanol–water partition coefficient (Wildman–Crippen LogP) is 1.63. The number of alkyl halides is 3. The van der Waals surface area contributed by atoms with E-state index in [1.54, 1.807) is 0 Å². The second-order valence-electron chi connectivity index (χ2n) is 4.85. The van der Waals surface area contributed by atoms with Crippen molar-refractivity contribution in [2.45, 2.75) is 31.7 Å². The first-order valence-electron chi connectivity index (χ1n) is 5.87. The summed E-state index contributed by atoms with van der Waals surface area (Å²) in [5, 5.41) is 20.9. The van der Waals surface area contributed by atoms with Crippen LogP contribution < -0.4 is 5.32 Å². The molecular weight excluding hydrogens is 275 g/mol. The van der Waals surface area contributed by atoms with Crippen LogP contribution in [0.4, 0.5) is 13.2 Å². The van der Waals surface area contributed by atoms with E-state index in [2.05, 4.69) is 5.32 Å². The van der Waals surface area contributed by atoms with E-state index in [0.717, 1.165) is 6.07 Å². The zero-order chi connectivity index (χ0) is 15.6. The number of nitrogens with one attached hydrogen (secondary N) is 1. The molecule has 7 heteroatoms. The third kappa shape index (κ3) is 3.94. The summed E-state index contributed by atoms with van der Waals surface area (Å²) < 4.78 is 38.6. The molecule has 0 radical (unpaired) electrons. The molecular formula is C13H16F3NO3. The number of rotatable bonds is 4. The topological polar surface area (TPSA) is 69.6 Å². The van der Waals surface area contributed by atoms with Gasteiger partial charge in [-0.3, -0.25) is 4.79 Å². The summed E-state index contributed by atoms with van der Waals surface area (Å²) in [5.41, 5.74) is -2.93. The normalized spacial score (nSPS) is 13.9. The van der Waals surface area contributed by atoms with Gasteiger partial charge in [0, 0.05) is 0 Å². The molecule has 0 saturated heterocycles. The standard InChI is InChI=1S/C13H16F3NO3/c1-12(2,20)11(19)17-10(7-18)8-5-3-4-6-9(8)13(14,15)16/h3-6,10,18,20H,7H2,1-2H3,(H,17,19). The lowest BCUT2D eigenvalue weighted by Crippen LogP contribution is -2.44. The van der Waals surface area contributed by atoms with Crippen molar-refractivity contribution in [3.05, 3.63) is 35.4 Å². The van der Waals surface area contributed by atoms with Crippen molar-refractivity contribution in [3.63, 3.8) is 0 Å². The molecule has 0 aromatic heterocycles. The zero-order valence-electron chi connectivity index (χ0n) is 11.0. The Labute approximate surface area is 114 Å². The second-order valence-corrected chi connectivity index (χ2v) is 4.85. The number of carbonyl (C=O) groups is 1. The van der Waals surface area contributed by atoms with Crippen LogP contribution in [-0.2, 0) is 11.0 Å². The molecule has 20 heavy (non-hydrogen) atoms. The minimum absolute atomic E-state index is 0.250. The Hall–Kier alpha value is -1.60. The number of aliphatic hydroxyl groups excluding tert-OH is 1. The number of halogens is 3. The van der Waals surface area contributed by atoms with E-state index in [4.69, 9.17) is 0 Å². The molecule has 0 bridgehead atoms. The number of carbonyl (C=O) groups excluding carboxylic acids is 1. The van der Waals surface area contributed by atoms with E-state index in [1.165, 1.54) is 32.0 Å². The van der Waals surface area contributed by atoms with Gasteiger partial charge in [-0.15, -0.1) is 0 Å². The monoisotopic (exact) mass is 291 g/mol. The highest BCUT2D eigenvalue weighted by molar-refractivity contribution is 5.84. The van der Waals surface area contributed by atoms with E-state index < -0.39 is 35.9 Å². The summed E-state index contributed by atoms with van der Waals surface area (Å²) in [6, 6.07) is 3.40. The molecule has 4 nitrogen and oxygen atoms in total. The molecule has 0 heterocycles. The van der Waals surface area contributed by atoms with E-state index in [-0.39, 0.29) is 5.56 Å². The maximum Gasteiger partial charge on any atom is 0.416 e. The Balaban J connectivity index is 3.11. The van der Waals surface area contributed by atoms with Crippen LogP contribution in [0.5, 0.6) is 0 Å². The first kappa shape index (κ1) is 16.5. The first-order chi connectivity index (χ1) is 9.07. The predicted molar refractivity (Wildman–Crippen MR) is 65.7 cm³/mol. The largest absolute Gasteiger partial charge is 0.416 e. The lowest BCUT2D eigenvalue weighted by atomic mass is 9.99. The molecule has 1 atom stereocenters. The van der Waals surface area contributed by atoms with Gasteiger partial charge in [-0.1, -0.05) is 18.2 Å². The molecule has 1 aromatic carbocycles. The smallest absolute Gasteiger partial charge is 0.394 e. The number of benzene rings is 1. The maximum atomic E-state index is 12.9. The molecule has 112 valence electrons. The van der Waals surface area contributed by atoms with E-state index in [0.29, 0.717) is 0 Å². The Morgan fingerprint density at radius 3 is 2.30 bits per heavy atom. The summed E-state index contributed by atoms with van der Waals surface area (Å²) in [4.78, 5) is 11.6. The minimum Gasteiger partial charge on any atom is -0.394 e. The number of hydrogen-bond acceptors (Lipinski definition) is 3. The lowest BCUT2D eigenvalue weighted by Gasteiger charge is -2.24. The number of hydrogen-bond donors (Lipinski definition) is 3. The fourth-order valence-electron chi connectivity index (χ4n) is 1.62. The summed E-state index contributed by atoms with van der Waals surface area (Å²) in [5.74, 6) is -0.867. The van der Waals surface area contributed by atoms with Crippen LogP contribution in [0, 0.1) is 0 Å². The van der Waals surface area contributed by atoms with E-state index in [1.807, 2.05) is 0 Å². The van der Waals surface area contributed by atoms with Gasteiger partial charge in [-0.2, -0.15) is 13.2 Å². The van der Waals surface area contributed by atoms with Gasteiger partial charge in [0.05, 0.1) is 18.2 Å². The minimum atomic E-state index is -4.59. The molecule has 3 N–H and O–H groups in total. The van der Waals surface area contributed by atoms with Gasteiger partial charge >= 0.3 is 6.18 Å². The highest BCUT2D eigenvalue weighted by atomic mass is 19.4. The van der Waals surface area contributed by atoms with Crippen LogP contribution in [0.25, 0.3) is 0 Å². The molecule has 0 fully saturated rings. The van der Waals surface area contributed by atoms with Crippen LogP contribution in [0.15, 0.2) is 24.3 Å². The van der Waals surface area contributed by atoms with Crippen molar-refractivity contribution in [1.29, 1.82) is 0 Å². The average Bonchev–Trinajstić information content (AvgIpc) is 2.33. The maximum absolute atomic E-state index is 12.9. The zero-order valence-corrected chi connectivity index (χ0v) is 11.0. The van der Waals surface area contributed by atoms with Crippen LogP contribution in [0.1, 0.15) is 31.0 Å². The van der Waals surface area contributed by atoms with Crippen molar-refractivity contribution in [1.82, 2.24) is 5.32 Å². The highest BCUT2D eigenvalue weighted by Gasteiger charge is 2.36. The van der Waals surface area contributed by atoms with Crippen LogP contribution >= 0.6 is 0 Å². The molecule has 1 amide bonds. The Bertz CT molecular complexity index is 480. The van der Waals surface area contributed by atoms with Gasteiger partial charge in [0.2, 0.25) is 0 Å². The van der Waals surface area contributed by atoms with Gasteiger partial charge in [0.25, 0.3) is 5.91 Å². The summed E-state index contributed by atoms with van der Waals surface area (Å²) in [6.45, 7) is 1.69. The average molecular weight is 291 g/mol. The molecule has 1 aromatic rings. The quantitative estimate of drug-likeness (QED) is 0.789. The Morgan fingerprint density at radius 1 is 1.30 bits per heavy atom. The Kier molecular flexibility index (Phi) is 4.77. The van der Waals surface area contributed by atoms with Gasteiger partial charge in [0.1, 0.15) is 5.60 Å². The lowest BCUT2D eigenvalue weighted by molar-refractivity contribution is -0.141. The van der Waals surface area contributed by atoms with Crippen LogP contribution in [-0.4, -0.2) is 28.3 Å². The van der Waals surface area contributed by atoms with Gasteiger partial charge < -0.3 is 15.5 Å². The Morgan fingerprint density at radius 2 is 1.85 bits per heavy atom. The van der Waals surface area contributed by atoms with E-state index in [9.17, 15) is 28.2 Å². The third-order valence-corrected chi connectivity index (χ3v) is 2.69. The van der Waals surface area contributed by atoms with Crippen LogP contribution in [0.2, 0.25) is 0 Å². The van der Waals surface area contributed by atoms with Crippen molar-refractivity contribution >= 4 is 5.91 Å². The molecule has 0 aliphatic carbocycles. The molecule has 0 saturated carbocycles. The van der Waals surface area contributed by atoms with Crippen LogP contribution in [0.3, 0.4) is 0 Å². The van der Waals surface area contributed by atoms with Crippen molar-refractivity contribution in [3.8, 4) is 0 Å². The fourth-order valence-corrected chi connectivity index (χ4v) is 1.62. The van der Waals surface area contributed by atoms with Crippen molar-refractivity contribution in [2.24, 2.45) is 0 Å². The molecule has 0 aliphatic heterocycles. The second kappa shape index (κ2) is 5.80. The van der Waals surface area contributed by atoms with Gasteiger partial charge in [0.15, 0.2) is 0 Å². The SMILES string of the molecule is CC(C)(O)C(=O)NC(CO)c1ccccc1C(F)(F)F. The molecule has 0 aliphatic rings. The van der Waals surface area contributed by atoms with Gasteiger partial charge in [-0.25, -0.2) is 0 Å². The van der Waals surface area contributed by atoms with E-state index >= 15 is 0 Å². The fraction of sp³-hybridized carbons (Fsp3) is 0.462. The first-order valence-corrected chi connectivity index (χ1v) is 5.87. The van der Waals surface area contributed by atoms with Gasteiger partial charge in [-0.05, 0) is 25.5 Å².